The third kappa shape index (κ3) is 4.14. The third-order valence-corrected chi connectivity index (χ3v) is 3.46. The van der Waals surface area contributed by atoms with Crippen LogP contribution in [0.3, 0.4) is 0 Å². The van der Waals surface area contributed by atoms with E-state index >= 15 is 0 Å². The van der Waals surface area contributed by atoms with Gasteiger partial charge in [-0.25, -0.2) is 0 Å². The number of hydrogen-bond donors (Lipinski definition) is 1. The molecule has 0 bridgehead atoms. The number of carbonyl (C=O) groups excluding carboxylic acids is 1. The Hall–Kier alpha value is -1.74. The van der Waals surface area contributed by atoms with Crippen molar-refractivity contribution in [1.82, 2.24) is 5.32 Å². The highest BCUT2D eigenvalue weighted by molar-refractivity contribution is 6.17. The molecule has 0 spiro atoms. The molecule has 1 N–H and O–H groups in total. The van der Waals surface area contributed by atoms with Crippen molar-refractivity contribution in [2.45, 2.75) is 31.7 Å². The summed E-state index contributed by atoms with van der Waals surface area (Å²) < 4.78 is 5.27. The smallest absolute Gasteiger partial charge is 0.251 e. The van der Waals surface area contributed by atoms with E-state index in [0.29, 0.717) is 11.4 Å². The molecule has 0 saturated heterocycles. The Morgan fingerprint density at radius 2 is 2.05 bits per heavy atom. The van der Waals surface area contributed by atoms with Gasteiger partial charge in [-0.3, -0.25) is 4.79 Å². The van der Waals surface area contributed by atoms with Gasteiger partial charge in [-0.15, -0.1) is 11.6 Å². The second-order valence-corrected chi connectivity index (χ2v) is 5.09. The Morgan fingerprint density at radius 1 is 1.30 bits per heavy atom. The van der Waals surface area contributed by atoms with Crippen molar-refractivity contribution in [3.05, 3.63) is 59.5 Å². The van der Waals surface area contributed by atoms with Crippen LogP contribution in [-0.2, 0) is 12.3 Å². The van der Waals surface area contributed by atoms with Gasteiger partial charge in [0.25, 0.3) is 5.91 Å². The summed E-state index contributed by atoms with van der Waals surface area (Å²) in [6.07, 6.45) is 3.33. The van der Waals surface area contributed by atoms with Crippen LogP contribution in [0.2, 0.25) is 0 Å². The molecule has 1 heterocycles. The van der Waals surface area contributed by atoms with E-state index in [1.807, 2.05) is 31.2 Å². The standard InChI is InChI=1S/C16H18ClNO2/c1-12(4-9-15-3-2-10-20-15)18-16(19)14-7-5-13(11-17)6-8-14/h2-3,5-8,10,12H,4,9,11H2,1H3,(H,18,19). The highest BCUT2D eigenvalue weighted by Gasteiger charge is 2.10. The van der Waals surface area contributed by atoms with Crippen molar-refractivity contribution in [3.8, 4) is 0 Å². The van der Waals surface area contributed by atoms with E-state index in [1.54, 1.807) is 18.4 Å². The number of aryl methyl sites for hydroxylation is 1. The molecule has 20 heavy (non-hydrogen) atoms. The highest BCUT2D eigenvalue weighted by atomic mass is 35.5. The summed E-state index contributed by atoms with van der Waals surface area (Å²) in [7, 11) is 0. The zero-order valence-corrected chi connectivity index (χ0v) is 12.2. The van der Waals surface area contributed by atoms with Gasteiger partial charge in [-0.05, 0) is 43.2 Å². The van der Waals surface area contributed by atoms with Crippen molar-refractivity contribution in [1.29, 1.82) is 0 Å². The maximum atomic E-state index is 12.0. The lowest BCUT2D eigenvalue weighted by Crippen LogP contribution is -2.32. The summed E-state index contributed by atoms with van der Waals surface area (Å²) in [6.45, 7) is 1.99. The number of benzene rings is 1. The number of furan rings is 1. The summed E-state index contributed by atoms with van der Waals surface area (Å²) in [5.74, 6) is 1.34. The molecule has 1 aromatic heterocycles. The quantitative estimate of drug-likeness (QED) is 0.823. The molecule has 0 saturated carbocycles. The SMILES string of the molecule is CC(CCc1ccco1)NC(=O)c1ccc(CCl)cc1. The van der Waals surface area contributed by atoms with Crippen LogP contribution < -0.4 is 5.32 Å². The summed E-state index contributed by atoms with van der Waals surface area (Å²) in [6, 6.07) is 11.3. The maximum Gasteiger partial charge on any atom is 0.251 e. The first-order valence-corrected chi connectivity index (χ1v) is 7.20. The Labute approximate surface area is 123 Å². The molecule has 4 heteroatoms. The minimum absolute atomic E-state index is 0.0573. The van der Waals surface area contributed by atoms with E-state index in [4.69, 9.17) is 16.0 Å². The van der Waals surface area contributed by atoms with E-state index in [2.05, 4.69) is 5.32 Å². The summed E-state index contributed by atoms with van der Waals surface area (Å²) in [5.41, 5.74) is 1.66. The molecule has 0 fully saturated rings. The Kier molecular flexibility index (Phi) is 5.24. The molecule has 1 aromatic carbocycles. The number of carbonyl (C=O) groups is 1. The van der Waals surface area contributed by atoms with Gasteiger partial charge in [0.2, 0.25) is 0 Å². The molecule has 1 atom stereocenters. The molecular weight excluding hydrogens is 274 g/mol. The third-order valence-electron chi connectivity index (χ3n) is 3.15. The summed E-state index contributed by atoms with van der Waals surface area (Å²) >= 11 is 5.72. The Morgan fingerprint density at radius 3 is 2.65 bits per heavy atom. The van der Waals surface area contributed by atoms with Crippen molar-refractivity contribution >= 4 is 17.5 Å². The van der Waals surface area contributed by atoms with Gasteiger partial charge in [-0.1, -0.05) is 12.1 Å². The number of halogens is 1. The number of amides is 1. The van der Waals surface area contributed by atoms with Crippen molar-refractivity contribution in [3.63, 3.8) is 0 Å². The zero-order valence-electron chi connectivity index (χ0n) is 11.4. The normalized spacial score (nSPS) is 12.1. The molecule has 3 nitrogen and oxygen atoms in total. The molecule has 0 aliphatic rings. The molecular formula is C16H18ClNO2. The van der Waals surface area contributed by atoms with Crippen LogP contribution in [0.25, 0.3) is 0 Å². The minimum atomic E-state index is -0.0573. The summed E-state index contributed by atoms with van der Waals surface area (Å²) in [4.78, 5) is 12.0. The lowest BCUT2D eigenvalue weighted by molar-refractivity contribution is 0.0938. The maximum absolute atomic E-state index is 12.0. The number of rotatable bonds is 6. The predicted molar refractivity (Wildman–Crippen MR) is 80.0 cm³/mol. The van der Waals surface area contributed by atoms with Gasteiger partial charge in [0.1, 0.15) is 5.76 Å². The second-order valence-electron chi connectivity index (χ2n) is 4.82. The lowest BCUT2D eigenvalue weighted by Gasteiger charge is -2.13. The van der Waals surface area contributed by atoms with Crippen molar-refractivity contribution in [2.24, 2.45) is 0 Å². The van der Waals surface area contributed by atoms with Crippen molar-refractivity contribution in [2.75, 3.05) is 0 Å². The van der Waals surface area contributed by atoms with E-state index in [-0.39, 0.29) is 11.9 Å². The fraction of sp³-hybridized carbons (Fsp3) is 0.312. The van der Waals surface area contributed by atoms with Gasteiger partial charge >= 0.3 is 0 Å². The second kappa shape index (κ2) is 7.15. The van der Waals surface area contributed by atoms with Crippen LogP contribution in [0.1, 0.15) is 35.0 Å². The van der Waals surface area contributed by atoms with Gasteiger partial charge in [-0.2, -0.15) is 0 Å². The van der Waals surface area contributed by atoms with E-state index in [1.165, 1.54) is 0 Å². The predicted octanol–water partition coefficient (Wildman–Crippen LogP) is 3.77. The molecule has 106 valence electrons. The van der Waals surface area contributed by atoms with Gasteiger partial charge in [0.15, 0.2) is 0 Å². The first kappa shape index (κ1) is 14.7. The van der Waals surface area contributed by atoms with Crippen LogP contribution in [0.5, 0.6) is 0 Å². The minimum Gasteiger partial charge on any atom is -0.469 e. The molecule has 0 radical (unpaired) electrons. The van der Waals surface area contributed by atoms with Gasteiger partial charge in [0, 0.05) is 23.9 Å². The van der Waals surface area contributed by atoms with Gasteiger partial charge < -0.3 is 9.73 Å². The number of hydrogen-bond acceptors (Lipinski definition) is 2. The average molecular weight is 292 g/mol. The highest BCUT2D eigenvalue weighted by Crippen LogP contribution is 2.09. The monoisotopic (exact) mass is 291 g/mol. The van der Waals surface area contributed by atoms with Crippen LogP contribution in [0, 0.1) is 0 Å². The summed E-state index contributed by atoms with van der Waals surface area (Å²) in [5, 5.41) is 2.98. The average Bonchev–Trinajstić information content (AvgIpc) is 2.98. The van der Waals surface area contributed by atoms with Gasteiger partial charge in [0.05, 0.1) is 6.26 Å². The molecule has 2 aromatic rings. The zero-order chi connectivity index (χ0) is 14.4. The molecule has 0 aliphatic heterocycles. The van der Waals surface area contributed by atoms with Crippen LogP contribution in [0.4, 0.5) is 0 Å². The fourth-order valence-electron chi connectivity index (χ4n) is 1.94. The largest absolute Gasteiger partial charge is 0.469 e. The Bertz CT molecular complexity index is 534. The number of alkyl halides is 1. The van der Waals surface area contributed by atoms with E-state index in [0.717, 1.165) is 24.2 Å². The molecule has 1 unspecified atom stereocenters. The van der Waals surface area contributed by atoms with Crippen LogP contribution in [0.15, 0.2) is 47.1 Å². The topological polar surface area (TPSA) is 42.2 Å². The molecule has 1 amide bonds. The Balaban J connectivity index is 1.83. The van der Waals surface area contributed by atoms with Crippen LogP contribution in [-0.4, -0.2) is 11.9 Å². The molecule has 0 aliphatic carbocycles. The lowest BCUT2D eigenvalue weighted by atomic mass is 10.1. The molecule has 2 rings (SSSR count). The van der Waals surface area contributed by atoms with Crippen LogP contribution >= 0.6 is 11.6 Å². The van der Waals surface area contributed by atoms with E-state index < -0.39 is 0 Å². The first-order valence-electron chi connectivity index (χ1n) is 6.67. The van der Waals surface area contributed by atoms with Crippen molar-refractivity contribution < 1.29 is 9.21 Å². The first-order chi connectivity index (χ1) is 9.69. The number of nitrogens with one attached hydrogen (secondary N) is 1. The van der Waals surface area contributed by atoms with E-state index in [9.17, 15) is 4.79 Å². The fourth-order valence-corrected chi connectivity index (χ4v) is 2.12.